The second kappa shape index (κ2) is 6.49. The summed E-state index contributed by atoms with van der Waals surface area (Å²) in [5.41, 5.74) is 8.67. The number of rotatable bonds is 5. The average Bonchev–Trinajstić information content (AvgIpc) is 3.03. The minimum absolute atomic E-state index is 0.251. The van der Waals surface area contributed by atoms with Gasteiger partial charge < -0.3 is 16.0 Å². The van der Waals surface area contributed by atoms with Crippen LogP contribution >= 0.6 is 11.6 Å². The topological polar surface area (TPSA) is 79.6 Å². The van der Waals surface area contributed by atoms with Gasteiger partial charge in [0.15, 0.2) is 0 Å². The largest absolute Gasteiger partial charge is 0.370 e. The lowest BCUT2D eigenvalue weighted by Gasteiger charge is -2.08. The van der Waals surface area contributed by atoms with E-state index in [1.165, 1.54) is 5.56 Å². The number of nitrogen functional groups attached to an aromatic ring is 1. The maximum absolute atomic E-state index is 5.88. The molecule has 22 heavy (non-hydrogen) atoms. The minimum Gasteiger partial charge on any atom is -0.370 e. The number of H-pyrrole nitrogens is 1. The first kappa shape index (κ1) is 14.4. The third-order valence-corrected chi connectivity index (χ3v) is 3.50. The summed E-state index contributed by atoms with van der Waals surface area (Å²) in [6.45, 7) is 0.752. The SMILES string of the molecule is Nc1nc(NCCc2ccc(Cl)cc2)cc(-c2ccc[nH]2)n1. The summed E-state index contributed by atoms with van der Waals surface area (Å²) in [7, 11) is 0. The molecule has 3 aromatic rings. The van der Waals surface area contributed by atoms with Crippen molar-refractivity contribution < 1.29 is 0 Å². The normalized spacial score (nSPS) is 10.6. The second-order valence-corrected chi connectivity index (χ2v) is 5.32. The standard InChI is InChI=1S/C16H16ClN5/c17-12-5-3-11(4-6-12)7-9-20-15-10-14(21-16(18)22-15)13-2-1-8-19-13/h1-6,8,10,19H,7,9H2,(H3,18,20,21,22). The lowest BCUT2D eigenvalue weighted by atomic mass is 10.1. The van der Waals surface area contributed by atoms with Crippen LogP contribution in [-0.2, 0) is 6.42 Å². The van der Waals surface area contributed by atoms with E-state index in [9.17, 15) is 0 Å². The number of nitrogens with zero attached hydrogens (tertiary/aromatic N) is 2. The highest BCUT2D eigenvalue weighted by atomic mass is 35.5. The molecule has 0 fully saturated rings. The van der Waals surface area contributed by atoms with E-state index in [2.05, 4.69) is 20.3 Å². The molecule has 0 spiro atoms. The Bertz CT molecular complexity index is 738. The van der Waals surface area contributed by atoms with E-state index in [1.807, 2.05) is 48.7 Å². The highest BCUT2D eigenvalue weighted by molar-refractivity contribution is 6.30. The van der Waals surface area contributed by atoms with Crippen LogP contribution in [-0.4, -0.2) is 21.5 Å². The minimum atomic E-state index is 0.251. The highest BCUT2D eigenvalue weighted by Crippen LogP contribution is 2.18. The Kier molecular flexibility index (Phi) is 4.25. The predicted octanol–water partition coefficient (Wildman–Crippen LogP) is 3.36. The highest BCUT2D eigenvalue weighted by Gasteiger charge is 2.05. The Labute approximate surface area is 133 Å². The van der Waals surface area contributed by atoms with Gasteiger partial charge in [0.05, 0.1) is 11.4 Å². The summed E-state index contributed by atoms with van der Waals surface area (Å²) in [5, 5.41) is 4.02. The molecule has 0 aliphatic heterocycles. The first-order valence-electron chi connectivity index (χ1n) is 6.97. The van der Waals surface area contributed by atoms with Crippen molar-refractivity contribution in [2.24, 2.45) is 0 Å². The number of benzene rings is 1. The Morgan fingerprint density at radius 2 is 1.95 bits per heavy atom. The van der Waals surface area contributed by atoms with Gasteiger partial charge in [-0.15, -0.1) is 0 Å². The number of halogens is 1. The molecule has 3 rings (SSSR count). The molecule has 0 saturated heterocycles. The Morgan fingerprint density at radius 1 is 1.14 bits per heavy atom. The van der Waals surface area contributed by atoms with Gasteiger partial charge in [-0.25, -0.2) is 4.98 Å². The van der Waals surface area contributed by atoms with Crippen LogP contribution < -0.4 is 11.1 Å². The lowest BCUT2D eigenvalue weighted by molar-refractivity contribution is 1.00. The number of hydrogen-bond donors (Lipinski definition) is 3. The number of hydrogen-bond acceptors (Lipinski definition) is 4. The van der Waals surface area contributed by atoms with Gasteiger partial charge in [0, 0.05) is 23.8 Å². The molecule has 0 aliphatic carbocycles. The molecule has 0 unspecified atom stereocenters. The Balaban J connectivity index is 1.66. The average molecular weight is 314 g/mol. The zero-order valence-electron chi connectivity index (χ0n) is 11.9. The summed E-state index contributed by atoms with van der Waals surface area (Å²) in [6.07, 6.45) is 2.72. The molecule has 112 valence electrons. The molecule has 2 heterocycles. The molecule has 0 aliphatic rings. The van der Waals surface area contributed by atoms with Crippen LogP contribution in [0.4, 0.5) is 11.8 Å². The maximum atomic E-state index is 5.88. The van der Waals surface area contributed by atoms with Crippen molar-refractivity contribution in [1.82, 2.24) is 15.0 Å². The zero-order chi connectivity index (χ0) is 15.4. The number of anilines is 2. The van der Waals surface area contributed by atoms with Crippen molar-refractivity contribution in [1.29, 1.82) is 0 Å². The lowest BCUT2D eigenvalue weighted by Crippen LogP contribution is -2.08. The maximum Gasteiger partial charge on any atom is 0.222 e. The molecule has 0 saturated carbocycles. The molecule has 6 heteroatoms. The number of aromatic nitrogens is 3. The monoisotopic (exact) mass is 313 g/mol. The van der Waals surface area contributed by atoms with Crippen molar-refractivity contribution in [2.45, 2.75) is 6.42 Å². The molecule has 4 N–H and O–H groups in total. The fourth-order valence-corrected chi connectivity index (χ4v) is 2.30. The summed E-state index contributed by atoms with van der Waals surface area (Å²) >= 11 is 5.88. The molecule has 5 nitrogen and oxygen atoms in total. The van der Waals surface area contributed by atoms with E-state index in [1.54, 1.807) is 0 Å². The van der Waals surface area contributed by atoms with Gasteiger partial charge >= 0.3 is 0 Å². The zero-order valence-corrected chi connectivity index (χ0v) is 12.6. The number of nitrogens with one attached hydrogen (secondary N) is 2. The van der Waals surface area contributed by atoms with Crippen molar-refractivity contribution in [3.63, 3.8) is 0 Å². The van der Waals surface area contributed by atoms with Gasteiger partial charge in [0.1, 0.15) is 5.82 Å². The first-order chi connectivity index (χ1) is 10.7. The van der Waals surface area contributed by atoms with E-state index in [-0.39, 0.29) is 5.95 Å². The predicted molar refractivity (Wildman–Crippen MR) is 89.9 cm³/mol. The van der Waals surface area contributed by atoms with Crippen LogP contribution in [0.2, 0.25) is 5.02 Å². The van der Waals surface area contributed by atoms with Crippen LogP contribution in [0.3, 0.4) is 0 Å². The third-order valence-electron chi connectivity index (χ3n) is 3.25. The summed E-state index contributed by atoms with van der Waals surface area (Å²) < 4.78 is 0. The second-order valence-electron chi connectivity index (χ2n) is 4.88. The quantitative estimate of drug-likeness (QED) is 0.675. The molecule has 2 aromatic heterocycles. The van der Waals surface area contributed by atoms with Crippen LogP contribution in [0.25, 0.3) is 11.4 Å². The third kappa shape index (κ3) is 3.56. The van der Waals surface area contributed by atoms with Gasteiger partial charge in [-0.05, 0) is 36.2 Å². The van der Waals surface area contributed by atoms with E-state index < -0.39 is 0 Å². The van der Waals surface area contributed by atoms with Gasteiger partial charge in [-0.3, -0.25) is 0 Å². The molecule has 1 aromatic carbocycles. The molecule has 0 radical (unpaired) electrons. The number of nitrogens with two attached hydrogens (primary N) is 1. The fourth-order valence-electron chi connectivity index (χ4n) is 2.17. The fraction of sp³-hybridized carbons (Fsp3) is 0.125. The van der Waals surface area contributed by atoms with Gasteiger partial charge in [0.2, 0.25) is 5.95 Å². The van der Waals surface area contributed by atoms with Crippen LogP contribution in [0.15, 0.2) is 48.7 Å². The van der Waals surface area contributed by atoms with E-state index in [4.69, 9.17) is 17.3 Å². The summed E-state index contributed by atoms with van der Waals surface area (Å²) in [6, 6.07) is 13.6. The van der Waals surface area contributed by atoms with Crippen LogP contribution in [0, 0.1) is 0 Å². The molecule has 0 atom stereocenters. The Morgan fingerprint density at radius 3 is 2.68 bits per heavy atom. The van der Waals surface area contributed by atoms with Gasteiger partial charge in [-0.2, -0.15) is 4.98 Å². The first-order valence-corrected chi connectivity index (χ1v) is 7.35. The molecular formula is C16H16ClN5. The van der Waals surface area contributed by atoms with E-state index >= 15 is 0 Å². The van der Waals surface area contributed by atoms with Gasteiger partial charge in [0.25, 0.3) is 0 Å². The van der Waals surface area contributed by atoms with Crippen molar-refractivity contribution in [3.05, 3.63) is 59.2 Å². The Hall–Kier alpha value is -2.53. The number of aromatic amines is 1. The van der Waals surface area contributed by atoms with E-state index in [0.29, 0.717) is 5.82 Å². The molecule has 0 amide bonds. The summed E-state index contributed by atoms with van der Waals surface area (Å²) in [4.78, 5) is 11.6. The molecular weight excluding hydrogens is 298 g/mol. The van der Waals surface area contributed by atoms with Gasteiger partial charge in [-0.1, -0.05) is 23.7 Å². The summed E-state index contributed by atoms with van der Waals surface area (Å²) in [5.74, 6) is 0.965. The van der Waals surface area contributed by atoms with Crippen molar-refractivity contribution in [2.75, 3.05) is 17.6 Å². The van der Waals surface area contributed by atoms with Crippen LogP contribution in [0.1, 0.15) is 5.56 Å². The van der Waals surface area contributed by atoms with Crippen LogP contribution in [0.5, 0.6) is 0 Å². The van der Waals surface area contributed by atoms with Crippen molar-refractivity contribution in [3.8, 4) is 11.4 Å². The van der Waals surface area contributed by atoms with Crippen molar-refractivity contribution >= 4 is 23.4 Å². The smallest absolute Gasteiger partial charge is 0.222 e. The van der Waals surface area contributed by atoms with E-state index in [0.717, 1.165) is 29.4 Å². The molecule has 0 bridgehead atoms.